The average molecular weight is 562 g/mol. The fourth-order valence-electron chi connectivity index (χ4n) is 4.46. The lowest BCUT2D eigenvalue weighted by Gasteiger charge is -2.14. The maximum Gasteiger partial charge on any atom is 0.251 e. The van der Waals surface area contributed by atoms with Gasteiger partial charge in [-0.3, -0.25) is 9.59 Å². The molecule has 0 aliphatic rings. The molecule has 1 atom stereocenters. The molecular weight excluding hydrogens is 514 g/mol. The minimum Gasteiger partial charge on any atom is -0.504 e. The zero-order chi connectivity index (χ0) is 30.4. The summed E-state index contributed by atoms with van der Waals surface area (Å²) >= 11 is 0. The molecule has 2 aromatic carbocycles. The molecule has 0 bridgehead atoms. The summed E-state index contributed by atoms with van der Waals surface area (Å²) in [6.45, 7) is 15.2. The van der Waals surface area contributed by atoms with Crippen LogP contribution in [0.4, 0.5) is 0 Å². The largest absolute Gasteiger partial charge is 0.504 e. The van der Waals surface area contributed by atoms with Crippen LogP contribution < -0.4 is 15.4 Å². The number of hydrogen-bond acceptors (Lipinski definition) is 4. The molecule has 0 spiro atoms. The van der Waals surface area contributed by atoms with Crippen LogP contribution in [0.15, 0.2) is 61.2 Å². The number of amides is 2. The van der Waals surface area contributed by atoms with Crippen molar-refractivity contribution >= 4 is 22.7 Å². The monoisotopic (exact) mass is 561 g/mol. The van der Waals surface area contributed by atoms with Crippen LogP contribution >= 0.6 is 0 Å². The Morgan fingerprint density at radius 1 is 1.10 bits per heavy atom. The number of nitrogens with zero attached hydrogens (tertiary/aromatic N) is 1. The highest BCUT2D eigenvalue weighted by atomic mass is 16.5. The van der Waals surface area contributed by atoms with Crippen LogP contribution in [0.1, 0.15) is 87.0 Å². The fourth-order valence-corrected chi connectivity index (χ4v) is 4.46. The second-order valence-corrected chi connectivity index (χ2v) is 10.0. The molecule has 0 saturated carbocycles. The molecular formula is C34H47N3O4. The third-order valence-electron chi connectivity index (χ3n) is 7.07. The molecule has 41 heavy (non-hydrogen) atoms. The third-order valence-corrected chi connectivity index (χ3v) is 7.07. The van der Waals surface area contributed by atoms with E-state index in [2.05, 4.69) is 51.0 Å². The average Bonchev–Trinajstić information content (AvgIpc) is 3.29. The molecule has 0 aliphatic carbocycles. The zero-order valence-electron chi connectivity index (χ0n) is 25.5. The summed E-state index contributed by atoms with van der Waals surface area (Å²) in [5.41, 5.74) is 4.48. The highest BCUT2D eigenvalue weighted by Crippen LogP contribution is 2.35. The Hall–Kier alpha value is -4.00. The lowest BCUT2D eigenvalue weighted by atomic mass is 9.94. The van der Waals surface area contributed by atoms with Gasteiger partial charge in [-0.15, -0.1) is 6.58 Å². The number of ether oxygens (including phenoxy) is 1. The van der Waals surface area contributed by atoms with Gasteiger partial charge in [0, 0.05) is 41.7 Å². The summed E-state index contributed by atoms with van der Waals surface area (Å²) in [5, 5.41) is 16.7. The number of aromatic nitrogens is 1. The van der Waals surface area contributed by atoms with Crippen LogP contribution in [0.25, 0.3) is 10.9 Å². The number of carbonyl (C=O) groups excluding carboxylic acids is 2. The fraction of sp³-hybridized carbons (Fsp3) is 0.412. The van der Waals surface area contributed by atoms with Crippen molar-refractivity contribution in [3.63, 3.8) is 0 Å². The molecule has 0 saturated heterocycles. The predicted molar refractivity (Wildman–Crippen MR) is 169 cm³/mol. The van der Waals surface area contributed by atoms with Gasteiger partial charge in [0.15, 0.2) is 11.5 Å². The number of benzene rings is 2. The van der Waals surface area contributed by atoms with Crippen molar-refractivity contribution in [2.75, 3.05) is 13.7 Å². The van der Waals surface area contributed by atoms with Crippen LogP contribution in [0.5, 0.6) is 11.5 Å². The van der Waals surface area contributed by atoms with E-state index in [1.807, 2.05) is 35.8 Å². The van der Waals surface area contributed by atoms with E-state index in [9.17, 15) is 14.7 Å². The van der Waals surface area contributed by atoms with E-state index in [1.54, 1.807) is 24.3 Å². The second kappa shape index (κ2) is 17.0. The Bertz CT molecular complexity index is 1340. The lowest BCUT2D eigenvalue weighted by molar-refractivity contribution is -0.121. The predicted octanol–water partition coefficient (Wildman–Crippen LogP) is 7.03. The number of rotatable bonds is 13. The van der Waals surface area contributed by atoms with Gasteiger partial charge in [0.25, 0.3) is 5.91 Å². The van der Waals surface area contributed by atoms with Gasteiger partial charge in [-0.25, -0.2) is 0 Å². The standard InChI is InChI=1S/C30H37N3O4.C4H10/c1-6-9-10-24-29(20(4)8-3)23-13-12-22(17-25(23)33(24)19-28(35)31-15-7-2)30(36)32-18-21-11-14-26(34)27(16-21)37-5;1-3-4-2/h6-7,9,11-14,16-17,20,34H,2,8,10,15,18-19H2,1,3-5H3,(H,31,35)(H,32,36);3-4H2,1-2H3/b9-6-;. The van der Waals surface area contributed by atoms with Gasteiger partial charge in [-0.05, 0) is 54.7 Å². The summed E-state index contributed by atoms with van der Waals surface area (Å²) in [6, 6.07) is 10.7. The molecule has 1 heterocycles. The van der Waals surface area contributed by atoms with Gasteiger partial charge in [0.05, 0.1) is 7.11 Å². The van der Waals surface area contributed by atoms with Crippen LogP contribution in [-0.4, -0.2) is 35.1 Å². The summed E-state index contributed by atoms with van der Waals surface area (Å²) in [5.74, 6) is 0.367. The number of carbonyl (C=O) groups is 2. The topological polar surface area (TPSA) is 92.6 Å². The number of phenols is 1. The number of hydrogen-bond donors (Lipinski definition) is 3. The van der Waals surface area contributed by atoms with Crippen molar-refractivity contribution in [2.45, 2.75) is 79.3 Å². The Kier molecular flexibility index (Phi) is 13.7. The van der Waals surface area contributed by atoms with E-state index in [0.29, 0.717) is 30.2 Å². The smallest absolute Gasteiger partial charge is 0.251 e. The number of nitrogens with one attached hydrogen (secondary N) is 2. The summed E-state index contributed by atoms with van der Waals surface area (Å²) in [6.07, 6.45) is 10.1. The first-order valence-electron chi connectivity index (χ1n) is 14.5. The molecule has 7 nitrogen and oxygen atoms in total. The van der Waals surface area contributed by atoms with Crippen molar-refractivity contribution in [2.24, 2.45) is 0 Å². The Labute approximate surface area is 245 Å². The van der Waals surface area contributed by atoms with Crippen molar-refractivity contribution < 1.29 is 19.4 Å². The molecule has 3 aromatic rings. The van der Waals surface area contributed by atoms with E-state index in [0.717, 1.165) is 28.6 Å². The molecule has 0 aliphatic heterocycles. The lowest BCUT2D eigenvalue weighted by Crippen LogP contribution is -2.28. The van der Waals surface area contributed by atoms with Gasteiger partial charge < -0.3 is 25.0 Å². The normalized spacial score (nSPS) is 11.6. The zero-order valence-corrected chi connectivity index (χ0v) is 25.5. The van der Waals surface area contributed by atoms with E-state index < -0.39 is 0 Å². The van der Waals surface area contributed by atoms with Gasteiger partial charge in [0.1, 0.15) is 6.54 Å². The molecule has 2 amide bonds. The minimum absolute atomic E-state index is 0.0479. The molecule has 0 fully saturated rings. The maximum absolute atomic E-state index is 13.1. The van der Waals surface area contributed by atoms with Gasteiger partial charge in [-0.1, -0.05) is 70.9 Å². The Balaban J connectivity index is 0.00000138. The first-order valence-corrected chi connectivity index (χ1v) is 14.5. The summed E-state index contributed by atoms with van der Waals surface area (Å²) in [4.78, 5) is 25.8. The first-order chi connectivity index (χ1) is 19.8. The molecule has 7 heteroatoms. The highest BCUT2D eigenvalue weighted by Gasteiger charge is 2.22. The molecule has 3 rings (SSSR count). The van der Waals surface area contributed by atoms with E-state index in [1.165, 1.54) is 25.5 Å². The van der Waals surface area contributed by atoms with E-state index in [-0.39, 0.29) is 30.7 Å². The SMILES string of the molecule is C=CCNC(=O)Cn1c(C/C=C\C)c(C(C)CC)c2ccc(C(=O)NCc3ccc(O)c(OC)c3)cc21.CCCC. The first kappa shape index (κ1) is 33.2. The molecule has 0 radical (unpaired) electrons. The number of fused-ring (bicyclic) bond motifs is 1. The van der Waals surface area contributed by atoms with Crippen molar-refractivity contribution in [3.05, 3.63) is 83.6 Å². The van der Waals surface area contributed by atoms with Gasteiger partial charge in [0.2, 0.25) is 5.91 Å². The number of phenolic OH excluding ortho intramolecular Hbond substituents is 1. The molecule has 1 unspecified atom stereocenters. The highest BCUT2D eigenvalue weighted by molar-refractivity contribution is 5.99. The maximum atomic E-state index is 13.1. The van der Waals surface area contributed by atoms with Crippen LogP contribution in [0.2, 0.25) is 0 Å². The van der Waals surface area contributed by atoms with Crippen LogP contribution in [0.3, 0.4) is 0 Å². The van der Waals surface area contributed by atoms with Gasteiger partial charge in [-0.2, -0.15) is 0 Å². The van der Waals surface area contributed by atoms with E-state index in [4.69, 9.17) is 4.74 Å². The second-order valence-electron chi connectivity index (χ2n) is 10.0. The summed E-state index contributed by atoms with van der Waals surface area (Å²) in [7, 11) is 1.48. The molecule has 1 aromatic heterocycles. The molecule has 222 valence electrons. The number of methoxy groups -OCH3 is 1. The number of unbranched alkanes of at least 4 members (excludes halogenated alkanes) is 1. The van der Waals surface area contributed by atoms with Crippen LogP contribution in [-0.2, 0) is 24.3 Å². The van der Waals surface area contributed by atoms with Gasteiger partial charge >= 0.3 is 0 Å². The Morgan fingerprint density at radius 2 is 1.83 bits per heavy atom. The number of allylic oxidation sites excluding steroid dienone is 2. The van der Waals surface area contributed by atoms with E-state index >= 15 is 0 Å². The number of aromatic hydroxyl groups is 1. The van der Waals surface area contributed by atoms with Crippen molar-refractivity contribution in [1.82, 2.24) is 15.2 Å². The Morgan fingerprint density at radius 3 is 2.44 bits per heavy atom. The van der Waals surface area contributed by atoms with Crippen molar-refractivity contribution in [1.29, 1.82) is 0 Å². The third kappa shape index (κ3) is 9.00. The quantitative estimate of drug-likeness (QED) is 0.195. The van der Waals surface area contributed by atoms with Crippen LogP contribution in [0, 0.1) is 0 Å². The minimum atomic E-state index is -0.224. The molecule has 3 N–H and O–H groups in total. The van der Waals surface area contributed by atoms with Crippen molar-refractivity contribution in [3.8, 4) is 11.5 Å². The summed E-state index contributed by atoms with van der Waals surface area (Å²) < 4.78 is 7.19.